The SMILES string of the molecule is c1nc(OCC2CC2)c2cc(N3CCN(CC4COCCOC4)CC3)ccc2n1. The summed E-state index contributed by atoms with van der Waals surface area (Å²) in [4.78, 5) is 13.8. The molecule has 29 heavy (non-hydrogen) atoms. The summed E-state index contributed by atoms with van der Waals surface area (Å²) in [5.41, 5.74) is 2.17. The number of piperazine rings is 1. The van der Waals surface area contributed by atoms with Gasteiger partial charge in [0.25, 0.3) is 0 Å². The van der Waals surface area contributed by atoms with Crippen molar-refractivity contribution in [3.63, 3.8) is 0 Å². The summed E-state index contributed by atoms with van der Waals surface area (Å²) >= 11 is 0. The molecule has 1 saturated carbocycles. The third kappa shape index (κ3) is 4.79. The molecule has 3 aliphatic rings. The molecule has 0 unspecified atom stereocenters. The van der Waals surface area contributed by atoms with Gasteiger partial charge in [0.1, 0.15) is 6.33 Å². The van der Waals surface area contributed by atoms with Gasteiger partial charge in [-0.2, -0.15) is 0 Å². The molecule has 7 nitrogen and oxygen atoms in total. The molecular weight excluding hydrogens is 368 g/mol. The molecule has 0 atom stereocenters. The third-order valence-corrected chi connectivity index (χ3v) is 6.07. The molecule has 0 radical (unpaired) electrons. The molecule has 2 aromatic rings. The molecule has 5 rings (SSSR count). The number of benzene rings is 1. The smallest absolute Gasteiger partial charge is 0.224 e. The largest absolute Gasteiger partial charge is 0.477 e. The Morgan fingerprint density at radius 1 is 0.966 bits per heavy atom. The van der Waals surface area contributed by atoms with Crippen molar-refractivity contribution in [2.75, 3.05) is 70.7 Å². The van der Waals surface area contributed by atoms with Crippen molar-refractivity contribution in [3.05, 3.63) is 24.5 Å². The first kappa shape index (κ1) is 19.0. The Hall–Kier alpha value is -1.96. The maximum atomic E-state index is 6.00. The zero-order valence-corrected chi connectivity index (χ0v) is 17.0. The molecule has 1 aromatic heterocycles. The Labute approximate surface area is 172 Å². The number of nitrogens with zero attached hydrogens (tertiary/aromatic N) is 4. The fourth-order valence-electron chi connectivity index (χ4n) is 4.14. The fourth-order valence-corrected chi connectivity index (χ4v) is 4.14. The maximum absolute atomic E-state index is 6.00. The van der Waals surface area contributed by atoms with Gasteiger partial charge in [-0.05, 0) is 37.0 Å². The summed E-state index contributed by atoms with van der Waals surface area (Å²) < 4.78 is 17.3. The zero-order valence-electron chi connectivity index (χ0n) is 17.0. The minimum absolute atomic E-state index is 0.480. The molecule has 3 heterocycles. The van der Waals surface area contributed by atoms with E-state index < -0.39 is 0 Å². The van der Waals surface area contributed by atoms with Crippen LogP contribution in [0.2, 0.25) is 0 Å². The first-order valence-electron chi connectivity index (χ1n) is 10.9. The molecule has 3 fully saturated rings. The highest BCUT2D eigenvalue weighted by atomic mass is 16.5. The van der Waals surface area contributed by atoms with Gasteiger partial charge in [-0.25, -0.2) is 9.97 Å². The summed E-state index contributed by atoms with van der Waals surface area (Å²) in [6, 6.07) is 6.45. The molecule has 1 aromatic carbocycles. The summed E-state index contributed by atoms with van der Waals surface area (Å²) in [7, 11) is 0. The molecule has 0 bridgehead atoms. The highest BCUT2D eigenvalue weighted by Crippen LogP contribution is 2.32. The van der Waals surface area contributed by atoms with E-state index in [2.05, 4.69) is 38.0 Å². The maximum Gasteiger partial charge on any atom is 0.224 e. The van der Waals surface area contributed by atoms with Crippen LogP contribution in [0.1, 0.15) is 12.8 Å². The first-order valence-corrected chi connectivity index (χ1v) is 10.9. The Morgan fingerprint density at radius 3 is 2.52 bits per heavy atom. The fraction of sp³-hybridized carbons (Fsp3) is 0.636. The normalized spacial score (nSPS) is 22.0. The van der Waals surface area contributed by atoms with E-state index in [9.17, 15) is 0 Å². The monoisotopic (exact) mass is 398 g/mol. The van der Waals surface area contributed by atoms with E-state index in [0.717, 1.165) is 82.5 Å². The van der Waals surface area contributed by atoms with E-state index in [1.807, 2.05) is 0 Å². The van der Waals surface area contributed by atoms with Crippen LogP contribution < -0.4 is 9.64 Å². The van der Waals surface area contributed by atoms with Gasteiger partial charge in [-0.1, -0.05) is 0 Å². The van der Waals surface area contributed by atoms with Gasteiger partial charge in [0.15, 0.2) is 0 Å². The Balaban J connectivity index is 1.22. The van der Waals surface area contributed by atoms with Crippen molar-refractivity contribution in [3.8, 4) is 5.88 Å². The van der Waals surface area contributed by atoms with Gasteiger partial charge in [0, 0.05) is 44.3 Å². The number of hydrogen-bond donors (Lipinski definition) is 0. The average molecular weight is 399 g/mol. The van der Waals surface area contributed by atoms with E-state index in [-0.39, 0.29) is 0 Å². The second-order valence-electron chi connectivity index (χ2n) is 8.44. The minimum atomic E-state index is 0.480. The van der Waals surface area contributed by atoms with Crippen LogP contribution in [-0.4, -0.2) is 80.6 Å². The lowest BCUT2D eigenvalue weighted by molar-refractivity contribution is 0.102. The number of aromatic nitrogens is 2. The minimum Gasteiger partial charge on any atom is -0.477 e. The molecule has 2 saturated heterocycles. The number of anilines is 1. The number of hydrogen-bond acceptors (Lipinski definition) is 7. The topological polar surface area (TPSA) is 60.0 Å². The zero-order chi connectivity index (χ0) is 19.5. The molecule has 0 N–H and O–H groups in total. The summed E-state index contributed by atoms with van der Waals surface area (Å²) in [6.07, 6.45) is 4.15. The number of ether oxygens (including phenoxy) is 3. The van der Waals surface area contributed by atoms with Crippen LogP contribution in [0.25, 0.3) is 10.9 Å². The van der Waals surface area contributed by atoms with Crippen molar-refractivity contribution in [2.24, 2.45) is 11.8 Å². The highest BCUT2D eigenvalue weighted by Gasteiger charge is 2.24. The highest BCUT2D eigenvalue weighted by molar-refractivity contribution is 5.86. The number of rotatable bonds is 6. The predicted molar refractivity (Wildman–Crippen MR) is 112 cm³/mol. The summed E-state index contributed by atoms with van der Waals surface area (Å²) in [5.74, 6) is 1.91. The molecule has 156 valence electrons. The quantitative estimate of drug-likeness (QED) is 0.739. The van der Waals surface area contributed by atoms with E-state index in [1.54, 1.807) is 6.33 Å². The van der Waals surface area contributed by atoms with Gasteiger partial charge >= 0.3 is 0 Å². The molecule has 1 aliphatic carbocycles. The van der Waals surface area contributed by atoms with Crippen LogP contribution in [-0.2, 0) is 9.47 Å². The Kier molecular flexibility index (Phi) is 5.78. The van der Waals surface area contributed by atoms with Crippen molar-refractivity contribution in [2.45, 2.75) is 12.8 Å². The van der Waals surface area contributed by atoms with Crippen LogP contribution in [0.5, 0.6) is 5.88 Å². The van der Waals surface area contributed by atoms with Gasteiger partial charge in [0.2, 0.25) is 5.88 Å². The van der Waals surface area contributed by atoms with Crippen LogP contribution >= 0.6 is 0 Å². The van der Waals surface area contributed by atoms with Gasteiger partial charge in [0.05, 0.1) is 43.9 Å². The summed E-state index contributed by atoms with van der Waals surface area (Å²) in [5, 5.41) is 1.01. The van der Waals surface area contributed by atoms with Gasteiger partial charge in [-0.3, -0.25) is 4.90 Å². The Bertz CT molecular complexity index is 813. The van der Waals surface area contributed by atoms with E-state index in [4.69, 9.17) is 14.2 Å². The molecule has 7 heteroatoms. The second kappa shape index (κ2) is 8.81. The molecular formula is C22H30N4O3. The van der Waals surface area contributed by atoms with E-state index in [1.165, 1.54) is 18.5 Å². The third-order valence-electron chi connectivity index (χ3n) is 6.07. The van der Waals surface area contributed by atoms with Crippen LogP contribution in [0.15, 0.2) is 24.5 Å². The first-order chi connectivity index (χ1) is 14.3. The van der Waals surface area contributed by atoms with Gasteiger partial charge in [-0.15, -0.1) is 0 Å². The van der Waals surface area contributed by atoms with E-state index >= 15 is 0 Å². The molecule has 0 spiro atoms. The van der Waals surface area contributed by atoms with Crippen molar-refractivity contribution in [1.29, 1.82) is 0 Å². The lowest BCUT2D eigenvalue weighted by Crippen LogP contribution is -2.48. The molecule has 0 amide bonds. The summed E-state index contributed by atoms with van der Waals surface area (Å²) in [6.45, 7) is 9.06. The van der Waals surface area contributed by atoms with Crippen LogP contribution in [0.4, 0.5) is 5.69 Å². The standard InChI is InChI=1S/C22H30N4O3/c1-2-17(1)15-29-22-20-11-19(3-4-21(20)23-16-24-22)26-7-5-25(6-8-26)12-18-13-27-9-10-28-14-18/h3-4,11,16-18H,1-2,5-10,12-15H2. The van der Waals surface area contributed by atoms with Gasteiger partial charge < -0.3 is 19.1 Å². The van der Waals surface area contributed by atoms with Crippen LogP contribution in [0, 0.1) is 11.8 Å². The number of fused-ring (bicyclic) bond motifs is 1. The van der Waals surface area contributed by atoms with Crippen molar-refractivity contribution < 1.29 is 14.2 Å². The average Bonchev–Trinajstić information content (AvgIpc) is 3.60. The molecule has 2 aliphatic heterocycles. The predicted octanol–water partition coefficient (Wildman–Crippen LogP) is 2.20. The van der Waals surface area contributed by atoms with E-state index in [0.29, 0.717) is 11.8 Å². The van der Waals surface area contributed by atoms with Crippen molar-refractivity contribution in [1.82, 2.24) is 14.9 Å². The lowest BCUT2D eigenvalue weighted by atomic mass is 10.1. The van der Waals surface area contributed by atoms with Crippen LogP contribution in [0.3, 0.4) is 0 Å². The second-order valence-corrected chi connectivity index (χ2v) is 8.44. The van der Waals surface area contributed by atoms with Crippen molar-refractivity contribution >= 4 is 16.6 Å². The lowest BCUT2D eigenvalue weighted by Gasteiger charge is -2.37. The Morgan fingerprint density at radius 2 is 1.76 bits per heavy atom.